The molecule has 1 fully saturated rings. The van der Waals surface area contributed by atoms with Crippen molar-refractivity contribution >= 4 is 40.3 Å². The molecule has 7 nitrogen and oxygen atoms in total. The number of thioether (sulfide) groups is 1. The number of carbonyl (C=O) groups is 2. The minimum absolute atomic E-state index is 0.0463. The Morgan fingerprint density at radius 3 is 2.59 bits per heavy atom. The van der Waals surface area contributed by atoms with Gasteiger partial charge in [-0.05, 0) is 48.4 Å². The molecule has 2 amide bonds. The van der Waals surface area contributed by atoms with E-state index in [0.717, 1.165) is 5.56 Å². The van der Waals surface area contributed by atoms with E-state index in [1.54, 1.807) is 43.4 Å². The number of ether oxygens (including phenoxy) is 2. The molecule has 152 valence electrons. The highest BCUT2D eigenvalue weighted by Crippen LogP contribution is 2.28. The van der Waals surface area contributed by atoms with Crippen molar-refractivity contribution in [1.82, 2.24) is 10.3 Å². The molecule has 1 aliphatic heterocycles. The number of carbonyl (C=O) groups excluding carboxylic acids is 2. The van der Waals surface area contributed by atoms with Crippen molar-refractivity contribution in [3.63, 3.8) is 0 Å². The standard InChI is InChI=1S/C20H20ClN3O4S/c1-27-16-8-3-13(11-17(16)28-2)9-10-24-18(25)12-29-20(24)23-22-19(26)14-4-6-15(21)7-5-14/h3-8,11H,9-10,12H2,1-2H3,(H,22,26)/b23-20-. The third-order valence-electron chi connectivity index (χ3n) is 4.29. The van der Waals surface area contributed by atoms with Gasteiger partial charge < -0.3 is 9.47 Å². The topological polar surface area (TPSA) is 80.2 Å². The van der Waals surface area contributed by atoms with Crippen LogP contribution in [0.1, 0.15) is 15.9 Å². The van der Waals surface area contributed by atoms with Gasteiger partial charge in [-0.15, -0.1) is 5.10 Å². The van der Waals surface area contributed by atoms with Gasteiger partial charge in [-0.25, -0.2) is 5.43 Å². The fourth-order valence-corrected chi connectivity index (χ4v) is 3.74. The highest BCUT2D eigenvalue weighted by molar-refractivity contribution is 8.15. The molecule has 2 aromatic rings. The van der Waals surface area contributed by atoms with Gasteiger partial charge in [0.1, 0.15) is 0 Å². The van der Waals surface area contributed by atoms with Crippen LogP contribution >= 0.6 is 23.4 Å². The third-order valence-corrected chi connectivity index (χ3v) is 5.50. The highest BCUT2D eigenvalue weighted by Gasteiger charge is 2.28. The Bertz CT molecular complexity index is 934. The van der Waals surface area contributed by atoms with Crippen molar-refractivity contribution in [3.8, 4) is 11.5 Å². The number of nitrogens with zero attached hydrogens (tertiary/aromatic N) is 2. The van der Waals surface area contributed by atoms with Crippen LogP contribution in [0.4, 0.5) is 0 Å². The van der Waals surface area contributed by atoms with Crippen LogP contribution in [0.2, 0.25) is 5.02 Å². The number of benzene rings is 2. The first-order valence-corrected chi connectivity index (χ1v) is 10.2. The second kappa shape index (κ2) is 9.67. The molecule has 1 aliphatic rings. The SMILES string of the molecule is COc1ccc(CCN2C(=O)CS/C2=N\NC(=O)c2ccc(Cl)cc2)cc1OC. The Morgan fingerprint density at radius 1 is 1.17 bits per heavy atom. The summed E-state index contributed by atoms with van der Waals surface area (Å²) in [6, 6.07) is 12.1. The molecular weight excluding hydrogens is 414 g/mol. The second-order valence-electron chi connectivity index (χ2n) is 6.12. The predicted molar refractivity (Wildman–Crippen MR) is 114 cm³/mol. The van der Waals surface area contributed by atoms with E-state index >= 15 is 0 Å². The molecule has 1 heterocycles. The number of methoxy groups -OCH3 is 2. The van der Waals surface area contributed by atoms with E-state index in [-0.39, 0.29) is 11.8 Å². The summed E-state index contributed by atoms with van der Waals surface area (Å²) >= 11 is 7.12. The first kappa shape index (κ1) is 21.0. The molecule has 0 saturated carbocycles. The highest BCUT2D eigenvalue weighted by atomic mass is 35.5. The summed E-state index contributed by atoms with van der Waals surface area (Å²) in [4.78, 5) is 26.0. The van der Waals surface area contributed by atoms with Crippen LogP contribution < -0.4 is 14.9 Å². The molecule has 0 aromatic heterocycles. The van der Waals surface area contributed by atoms with Crippen molar-refractivity contribution in [2.75, 3.05) is 26.5 Å². The molecular formula is C20H20ClN3O4S. The zero-order valence-electron chi connectivity index (χ0n) is 16.0. The Kier molecular flexibility index (Phi) is 7.00. The molecule has 1 N–H and O–H groups in total. The van der Waals surface area contributed by atoms with E-state index in [0.29, 0.717) is 46.0 Å². The van der Waals surface area contributed by atoms with Crippen LogP contribution in [0, 0.1) is 0 Å². The Balaban J connectivity index is 1.65. The minimum atomic E-state index is -0.367. The van der Waals surface area contributed by atoms with Crippen LogP contribution in [0.15, 0.2) is 47.6 Å². The van der Waals surface area contributed by atoms with Gasteiger partial charge in [0, 0.05) is 17.1 Å². The lowest BCUT2D eigenvalue weighted by atomic mass is 10.1. The lowest BCUT2D eigenvalue weighted by Gasteiger charge is -2.16. The Morgan fingerprint density at radius 2 is 1.90 bits per heavy atom. The monoisotopic (exact) mass is 433 g/mol. The normalized spacial score (nSPS) is 14.9. The fourth-order valence-electron chi connectivity index (χ4n) is 2.74. The van der Waals surface area contributed by atoms with E-state index in [9.17, 15) is 9.59 Å². The Labute approximate surface area is 178 Å². The predicted octanol–water partition coefficient (Wildman–Crippen LogP) is 3.18. The van der Waals surface area contributed by atoms with Crippen molar-refractivity contribution in [2.24, 2.45) is 5.10 Å². The van der Waals surface area contributed by atoms with E-state index in [4.69, 9.17) is 21.1 Å². The molecule has 0 atom stereocenters. The van der Waals surface area contributed by atoms with Crippen LogP contribution in [0.3, 0.4) is 0 Å². The van der Waals surface area contributed by atoms with Crippen molar-refractivity contribution in [3.05, 3.63) is 58.6 Å². The molecule has 0 unspecified atom stereocenters. The maximum absolute atomic E-state index is 12.2. The lowest BCUT2D eigenvalue weighted by Crippen LogP contribution is -2.33. The second-order valence-corrected chi connectivity index (χ2v) is 7.49. The number of nitrogens with one attached hydrogen (secondary N) is 1. The smallest absolute Gasteiger partial charge is 0.271 e. The molecule has 29 heavy (non-hydrogen) atoms. The van der Waals surface area contributed by atoms with Crippen molar-refractivity contribution in [2.45, 2.75) is 6.42 Å². The van der Waals surface area contributed by atoms with Gasteiger partial charge in [0.25, 0.3) is 5.91 Å². The number of hydrogen-bond acceptors (Lipinski definition) is 6. The van der Waals surface area contributed by atoms with E-state index in [2.05, 4.69) is 10.5 Å². The average molecular weight is 434 g/mol. The molecule has 1 saturated heterocycles. The molecule has 9 heteroatoms. The third kappa shape index (κ3) is 5.21. The number of amides is 2. The van der Waals surface area contributed by atoms with Crippen LogP contribution in [-0.4, -0.2) is 48.4 Å². The van der Waals surface area contributed by atoms with Crippen LogP contribution in [-0.2, 0) is 11.2 Å². The summed E-state index contributed by atoms with van der Waals surface area (Å²) in [7, 11) is 3.16. The maximum Gasteiger partial charge on any atom is 0.271 e. The molecule has 0 aliphatic carbocycles. The van der Waals surface area contributed by atoms with E-state index < -0.39 is 0 Å². The van der Waals surface area contributed by atoms with Gasteiger partial charge in [0.2, 0.25) is 5.91 Å². The summed E-state index contributed by atoms with van der Waals surface area (Å²) in [6.07, 6.45) is 0.608. The number of rotatable bonds is 7. The average Bonchev–Trinajstić information content (AvgIpc) is 3.10. The summed E-state index contributed by atoms with van der Waals surface area (Å²) < 4.78 is 10.6. The summed E-state index contributed by atoms with van der Waals surface area (Å²) in [5.74, 6) is 1.16. The van der Waals surface area contributed by atoms with Gasteiger partial charge in [0.05, 0.1) is 20.0 Å². The number of amidine groups is 1. The minimum Gasteiger partial charge on any atom is -0.493 e. The van der Waals surface area contributed by atoms with Crippen LogP contribution in [0.5, 0.6) is 11.5 Å². The van der Waals surface area contributed by atoms with E-state index in [1.165, 1.54) is 11.8 Å². The van der Waals surface area contributed by atoms with Gasteiger partial charge in [-0.2, -0.15) is 0 Å². The maximum atomic E-state index is 12.2. The largest absolute Gasteiger partial charge is 0.493 e. The summed E-state index contributed by atoms with van der Waals surface area (Å²) in [5, 5.41) is 5.15. The first-order valence-electron chi connectivity index (χ1n) is 8.79. The molecule has 0 radical (unpaired) electrons. The van der Waals surface area contributed by atoms with Crippen molar-refractivity contribution in [1.29, 1.82) is 0 Å². The van der Waals surface area contributed by atoms with Crippen molar-refractivity contribution < 1.29 is 19.1 Å². The van der Waals surface area contributed by atoms with Gasteiger partial charge in [-0.3, -0.25) is 14.5 Å². The summed E-state index contributed by atoms with van der Waals surface area (Å²) in [5.41, 5.74) is 3.93. The molecule has 0 spiro atoms. The number of halogens is 1. The zero-order chi connectivity index (χ0) is 20.8. The Hall–Kier alpha value is -2.71. The van der Waals surface area contributed by atoms with E-state index in [1.807, 2.05) is 18.2 Å². The number of hydrogen-bond donors (Lipinski definition) is 1. The van der Waals surface area contributed by atoms with Gasteiger partial charge in [0.15, 0.2) is 16.7 Å². The van der Waals surface area contributed by atoms with Gasteiger partial charge >= 0.3 is 0 Å². The fraction of sp³-hybridized carbons (Fsp3) is 0.250. The molecule has 3 rings (SSSR count). The molecule has 0 bridgehead atoms. The molecule has 2 aromatic carbocycles. The van der Waals surface area contributed by atoms with Crippen LogP contribution in [0.25, 0.3) is 0 Å². The summed E-state index contributed by atoms with van der Waals surface area (Å²) in [6.45, 7) is 0.441. The quantitative estimate of drug-likeness (QED) is 0.678. The van der Waals surface area contributed by atoms with Gasteiger partial charge in [-0.1, -0.05) is 29.4 Å². The zero-order valence-corrected chi connectivity index (χ0v) is 17.5. The lowest BCUT2D eigenvalue weighted by molar-refractivity contribution is -0.124. The number of hydrazone groups is 1. The first-order chi connectivity index (χ1) is 14.0.